The van der Waals surface area contributed by atoms with Crippen molar-refractivity contribution in [2.24, 2.45) is 0 Å². The van der Waals surface area contributed by atoms with Crippen molar-refractivity contribution in [3.05, 3.63) is 55.5 Å². The maximum atomic E-state index is 12.6. The van der Waals surface area contributed by atoms with Crippen molar-refractivity contribution in [2.45, 2.75) is 40.0 Å². The lowest BCUT2D eigenvalue weighted by atomic mass is 9.86. The highest BCUT2D eigenvalue weighted by Crippen LogP contribution is 2.40. The molecule has 1 amide bonds. The molecule has 0 aromatic heterocycles. The van der Waals surface area contributed by atoms with E-state index in [9.17, 15) is 4.79 Å². The van der Waals surface area contributed by atoms with Crippen LogP contribution in [0.1, 0.15) is 47.8 Å². The van der Waals surface area contributed by atoms with Crippen LogP contribution in [0.3, 0.4) is 0 Å². The number of anilines is 2. The Hall–Kier alpha value is -1.33. The normalized spacial score (nSPS) is 11.5. The molecule has 0 unspecified atom stereocenters. The fourth-order valence-corrected chi connectivity index (χ4v) is 3.55. The molecule has 128 valence electrons. The van der Waals surface area contributed by atoms with E-state index in [0.717, 1.165) is 25.8 Å². The molecule has 0 aliphatic rings. The molecule has 3 nitrogen and oxygen atoms in total. The molecule has 0 spiro atoms. The lowest BCUT2D eigenvalue weighted by Gasteiger charge is -2.20. The predicted molar refractivity (Wildman–Crippen MR) is 109 cm³/mol. The summed E-state index contributed by atoms with van der Waals surface area (Å²) < 4.78 is 1.58. The Morgan fingerprint density at radius 2 is 1.46 bits per heavy atom. The summed E-state index contributed by atoms with van der Waals surface area (Å²) in [7, 11) is 0. The monoisotopic (exact) mass is 452 g/mol. The molecular formula is C19H22Br2N2O. The molecule has 0 aliphatic heterocycles. The van der Waals surface area contributed by atoms with Gasteiger partial charge in [0.1, 0.15) is 0 Å². The van der Waals surface area contributed by atoms with Crippen LogP contribution in [0, 0.1) is 13.8 Å². The first kappa shape index (κ1) is 19.0. The average molecular weight is 454 g/mol. The fourth-order valence-electron chi connectivity index (χ4n) is 2.50. The first-order valence-electron chi connectivity index (χ1n) is 7.69. The van der Waals surface area contributed by atoms with Crippen molar-refractivity contribution in [3.8, 4) is 0 Å². The number of amides is 1. The number of halogens is 2. The molecule has 2 aromatic rings. The van der Waals surface area contributed by atoms with Gasteiger partial charge in [-0.15, -0.1) is 0 Å². The van der Waals surface area contributed by atoms with Crippen molar-refractivity contribution in [1.29, 1.82) is 0 Å². The molecule has 0 saturated carbocycles. The van der Waals surface area contributed by atoms with Gasteiger partial charge in [-0.3, -0.25) is 4.79 Å². The molecule has 0 aliphatic carbocycles. The van der Waals surface area contributed by atoms with E-state index in [1.165, 1.54) is 5.56 Å². The molecule has 0 saturated heterocycles. The Bertz CT molecular complexity index is 761. The van der Waals surface area contributed by atoms with Crippen molar-refractivity contribution < 1.29 is 4.79 Å². The largest absolute Gasteiger partial charge is 0.397 e. The van der Waals surface area contributed by atoms with Gasteiger partial charge in [-0.2, -0.15) is 0 Å². The molecule has 3 N–H and O–H groups in total. The molecule has 0 radical (unpaired) electrons. The summed E-state index contributed by atoms with van der Waals surface area (Å²) in [4.78, 5) is 12.6. The van der Waals surface area contributed by atoms with E-state index in [1.54, 1.807) is 0 Å². The van der Waals surface area contributed by atoms with E-state index in [0.29, 0.717) is 11.3 Å². The first-order valence-corrected chi connectivity index (χ1v) is 9.28. The van der Waals surface area contributed by atoms with Crippen LogP contribution in [-0.2, 0) is 5.41 Å². The Balaban J connectivity index is 2.34. The van der Waals surface area contributed by atoms with Crippen LogP contribution in [-0.4, -0.2) is 5.91 Å². The van der Waals surface area contributed by atoms with Gasteiger partial charge in [0.2, 0.25) is 0 Å². The van der Waals surface area contributed by atoms with Crippen LogP contribution >= 0.6 is 31.9 Å². The topological polar surface area (TPSA) is 55.1 Å². The van der Waals surface area contributed by atoms with Gasteiger partial charge in [0.05, 0.1) is 5.69 Å². The van der Waals surface area contributed by atoms with Gasteiger partial charge in [-0.1, -0.05) is 32.9 Å². The molecule has 5 heteroatoms. The van der Waals surface area contributed by atoms with Crippen molar-refractivity contribution in [2.75, 3.05) is 11.1 Å². The third-order valence-corrected chi connectivity index (χ3v) is 6.18. The molecule has 2 rings (SSSR count). The highest BCUT2D eigenvalue weighted by molar-refractivity contribution is 9.11. The smallest absolute Gasteiger partial charge is 0.255 e. The number of carbonyl (C=O) groups excluding carboxylic acids is 1. The maximum absolute atomic E-state index is 12.6. The standard InChI is InChI=1S/C19H22Br2N2O/c1-10-14(20)16(22)15(21)11(2)17(10)23-18(24)12-6-8-13(9-7-12)19(3,4)5/h6-9H,22H2,1-5H3,(H,23,24). The summed E-state index contributed by atoms with van der Waals surface area (Å²) in [6, 6.07) is 7.73. The molecule has 2 aromatic carbocycles. The van der Waals surface area contributed by atoms with E-state index in [4.69, 9.17) is 5.73 Å². The second kappa shape index (κ2) is 6.89. The van der Waals surface area contributed by atoms with Crippen LogP contribution in [0.25, 0.3) is 0 Å². The summed E-state index contributed by atoms with van der Waals surface area (Å²) in [5.74, 6) is -0.134. The summed E-state index contributed by atoms with van der Waals surface area (Å²) >= 11 is 6.97. The molecule has 24 heavy (non-hydrogen) atoms. The minimum Gasteiger partial charge on any atom is -0.397 e. The molecule has 0 bridgehead atoms. The lowest BCUT2D eigenvalue weighted by molar-refractivity contribution is 0.102. The number of nitrogens with one attached hydrogen (secondary N) is 1. The zero-order valence-electron chi connectivity index (χ0n) is 14.6. The van der Waals surface area contributed by atoms with Crippen LogP contribution < -0.4 is 11.1 Å². The highest BCUT2D eigenvalue weighted by Gasteiger charge is 2.18. The van der Waals surface area contributed by atoms with Gasteiger partial charge in [-0.25, -0.2) is 0 Å². The van der Waals surface area contributed by atoms with Crippen LogP contribution in [0.4, 0.5) is 11.4 Å². The van der Waals surface area contributed by atoms with Gasteiger partial charge in [0.25, 0.3) is 5.91 Å². The Kier molecular flexibility index (Phi) is 5.45. The summed E-state index contributed by atoms with van der Waals surface area (Å²) in [5, 5.41) is 3.01. The van der Waals surface area contributed by atoms with Gasteiger partial charge in [-0.05, 0) is 79.9 Å². The zero-order valence-corrected chi connectivity index (χ0v) is 17.7. The predicted octanol–water partition coefficient (Wildman–Crippen LogP) is 5.96. The number of benzene rings is 2. The van der Waals surface area contributed by atoms with E-state index >= 15 is 0 Å². The van der Waals surface area contributed by atoms with Gasteiger partial charge in [0, 0.05) is 20.2 Å². The Labute approximate surface area is 160 Å². The highest BCUT2D eigenvalue weighted by atomic mass is 79.9. The van der Waals surface area contributed by atoms with Crippen molar-refractivity contribution >= 4 is 49.1 Å². The summed E-state index contributed by atoms with van der Waals surface area (Å²) in [6.07, 6.45) is 0. The van der Waals surface area contributed by atoms with Crippen molar-refractivity contribution in [3.63, 3.8) is 0 Å². The third kappa shape index (κ3) is 3.67. The van der Waals surface area contributed by atoms with E-state index in [2.05, 4.69) is 57.9 Å². The number of rotatable bonds is 2. The number of nitrogen functional groups attached to an aromatic ring is 1. The maximum Gasteiger partial charge on any atom is 0.255 e. The number of hydrogen-bond acceptors (Lipinski definition) is 2. The second-order valence-corrected chi connectivity index (χ2v) is 8.53. The number of hydrogen-bond donors (Lipinski definition) is 2. The molecular weight excluding hydrogens is 432 g/mol. The summed E-state index contributed by atoms with van der Waals surface area (Å²) in [6.45, 7) is 10.3. The van der Waals surface area contributed by atoms with E-state index in [1.807, 2.05) is 38.1 Å². The molecule has 0 fully saturated rings. The van der Waals surface area contributed by atoms with E-state index in [-0.39, 0.29) is 11.3 Å². The number of nitrogens with two attached hydrogens (primary N) is 1. The average Bonchev–Trinajstić information content (AvgIpc) is 2.54. The lowest BCUT2D eigenvalue weighted by Crippen LogP contribution is -2.16. The zero-order chi connectivity index (χ0) is 18.2. The van der Waals surface area contributed by atoms with Crippen LogP contribution in [0.15, 0.2) is 33.2 Å². The minimum atomic E-state index is -0.134. The van der Waals surface area contributed by atoms with Gasteiger partial charge < -0.3 is 11.1 Å². The molecule has 0 heterocycles. The SMILES string of the molecule is Cc1c(Br)c(N)c(Br)c(C)c1NC(=O)c1ccc(C(C)(C)C)cc1. The molecule has 0 atom stereocenters. The minimum absolute atomic E-state index is 0.0644. The third-order valence-electron chi connectivity index (χ3n) is 4.13. The van der Waals surface area contributed by atoms with E-state index < -0.39 is 0 Å². The fraction of sp³-hybridized carbons (Fsp3) is 0.316. The van der Waals surface area contributed by atoms with Crippen LogP contribution in [0.2, 0.25) is 0 Å². The number of carbonyl (C=O) groups is 1. The quantitative estimate of drug-likeness (QED) is 0.551. The van der Waals surface area contributed by atoms with Gasteiger partial charge >= 0.3 is 0 Å². The second-order valence-electron chi connectivity index (χ2n) is 6.95. The Morgan fingerprint density at radius 1 is 1.00 bits per heavy atom. The van der Waals surface area contributed by atoms with Crippen LogP contribution in [0.5, 0.6) is 0 Å². The first-order chi connectivity index (χ1) is 11.0. The van der Waals surface area contributed by atoms with Crippen molar-refractivity contribution in [1.82, 2.24) is 0 Å². The summed E-state index contributed by atoms with van der Waals surface area (Å²) in [5.41, 5.74) is 11.2. The van der Waals surface area contributed by atoms with Gasteiger partial charge in [0.15, 0.2) is 0 Å². The Morgan fingerprint density at radius 3 is 1.88 bits per heavy atom.